The van der Waals surface area contributed by atoms with Crippen molar-refractivity contribution in [3.63, 3.8) is 0 Å². The lowest BCUT2D eigenvalue weighted by Crippen LogP contribution is -2.03. The molecule has 0 radical (unpaired) electrons. The standard InChI is InChI=1S/C8H6FNO4.C8H7NO4S/c1-14-8(11)5-2-3-6(9)7(4-5)10(12)13;1-13-8(10)5-2-3-7(14)6(4-5)9(11)12/h2-4H,1H3;2-4,14H,1H3. The third kappa shape index (κ3) is 5.74. The first-order chi connectivity index (χ1) is 13.1. The quantitative estimate of drug-likeness (QED) is 0.350. The SMILES string of the molecule is COC(=O)c1ccc(F)c([N+](=O)[O-])c1.COC(=O)c1ccc(S)c([N+](=O)[O-])c1. The van der Waals surface area contributed by atoms with E-state index < -0.39 is 33.3 Å². The fourth-order valence-corrected chi connectivity index (χ4v) is 2.03. The Kier molecular flexibility index (Phi) is 8.01. The third-order valence-corrected chi connectivity index (χ3v) is 3.54. The maximum Gasteiger partial charge on any atom is 0.338 e. The summed E-state index contributed by atoms with van der Waals surface area (Å²) in [6, 6.07) is 6.74. The van der Waals surface area contributed by atoms with Crippen molar-refractivity contribution in [1.82, 2.24) is 0 Å². The van der Waals surface area contributed by atoms with Crippen molar-refractivity contribution in [3.05, 3.63) is 73.6 Å². The second kappa shape index (κ2) is 9.97. The van der Waals surface area contributed by atoms with E-state index in [1.165, 1.54) is 19.2 Å². The Morgan fingerprint density at radius 1 is 0.893 bits per heavy atom. The molecule has 0 aliphatic carbocycles. The lowest BCUT2D eigenvalue weighted by Gasteiger charge is -2.00. The first kappa shape index (κ1) is 22.5. The molecule has 148 valence electrons. The predicted molar refractivity (Wildman–Crippen MR) is 96.1 cm³/mol. The minimum atomic E-state index is -0.984. The number of ether oxygens (including phenoxy) is 2. The number of hydrogen-bond acceptors (Lipinski definition) is 9. The lowest BCUT2D eigenvalue weighted by atomic mass is 10.2. The molecule has 0 heterocycles. The second-order valence-electron chi connectivity index (χ2n) is 4.87. The maximum atomic E-state index is 12.8. The molecule has 0 saturated heterocycles. The zero-order chi connectivity index (χ0) is 21.4. The van der Waals surface area contributed by atoms with Crippen LogP contribution in [0.5, 0.6) is 0 Å². The van der Waals surface area contributed by atoms with Crippen LogP contribution in [0.4, 0.5) is 15.8 Å². The molecule has 0 N–H and O–H groups in total. The molecule has 0 fully saturated rings. The second-order valence-corrected chi connectivity index (χ2v) is 5.35. The summed E-state index contributed by atoms with van der Waals surface area (Å²) >= 11 is 3.89. The number of carbonyl (C=O) groups is 2. The number of hydrogen-bond donors (Lipinski definition) is 1. The number of benzene rings is 2. The molecule has 2 aromatic carbocycles. The van der Waals surface area contributed by atoms with Gasteiger partial charge in [0, 0.05) is 12.1 Å². The van der Waals surface area contributed by atoms with Crippen molar-refractivity contribution < 1.29 is 33.3 Å². The van der Waals surface area contributed by atoms with Gasteiger partial charge >= 0.3 is 17.6 Å². The van der Waals surface area contributed by atoms with Gasteiger partial charge in [-0.2, -0.15) is 4.39 Å². The van der Waals surface area contributed by atoms with Gasteiger partial charge in [-0.3, -0.25) is 20.2 Å². The van der Waals surface area contributed by atoms with Crippen LogP contribution in [-0.4, -0.2) is 36.0 Å². The summed E-state index contributed by atoms with van der Waals surface area (Å²) in [6.07, 6.45) is 0. The van der Waals surface area contributed by atoms with Crippen LogP contribution >= 0.6 is 12.6 Å². The summed E-state index contributed by atoms with van der Waals surface area (Å²) in [5.41, 5.74) is -0.873. The van der Waals surface area contributed by atoms with Gasteiger partial charge in [0.1, 0.15) is 0 Å². The molecule has 28 heavy (non-hydrogen) atoms. The average Bonchev–Trinajstić information content (AvgIpc) is 2.67. The monoisotopic (exact) mass is 412 g/mol. The molecule has 0 spiro atoms. The summed E-state index contributed by atoms with van der Waals surface area (Å²) in [5.74, 6) is -2.34. The van der Waals surface area contributed by atoms with Crippen molar-refractivity contribution in [2.24, 2.45) is 0 Å². The topological polar surface area (TPSA) is 139 Å². The minimum absolute atomic E-state index is 0.0550. The Morgan fingerprint density at radius 3 is 1.75 bits per heavy atom. The number of rotatable bonds is 4. The minimum Gasteiger partial charge on any atom is -0.465 e. The zero-order valence-electron chi connectivity index (χ0n) is 14.4. The van der Waals surface area contributed by atoms with E-state index in [2.05, 4.69) is 22.1 Å². The van der Waals surface area contributed by atoms with Gasteiger partial charge in [0.25, 0.3) is 5.69 Å². The fraction of sp³-hybridized carbons (Fsp3) is 0.125. The average molecular weight is 412 g/mol. The molecule has 10 nitrogen and oxygen atoms in total. The lowest BCUT2D eigenvalue weighted by molar-refractivity contribution is -0.387. The Labute approximate surface area is 162 Å². The van der Waals surface area contributed by atoms with E-state index in [-0.39, 0.29) is 21.7 Å². The van der Waals surface area contributed by atoms with Crippen LogP contribution in [0.15, 0.2) is 41.3 Å². The third-order valence-electron chi connectivity index (χ3n) is 3.16. The molecule has 12 heteroatoms. The molecule has 0 aliphatic heterocycles. The highest BCUT2D eigenvalue weighted by atomic mass is 32.1. The van der Waals surface area contributed by atoms with E-state index in [0.717, 1.165) is 31.4 Å². The van der Waals surface area contributed by atoms with E-state index >= 15 is 0 Å². The number of nitrogens with zero attached hydrogens (tertiary/aromatic N) is 2. The molecule has 0 aromatic heterocycles. The molecule has 0 bridgehead atoms. The summed E-state index contributed by atoms with van der Waals surface area (Å²) in [4.78, 5) is 41.5. The van der Waals surface area contributed by atoms with Gasteiger partial charge in [-0.15, -0.1) is 12.6 Å². The van der Waals surface area contributed by atoms with Gasteiger partial charge in [0.05, 0.1) is 40.1 Å². The van der Waals surface area contributed by atoms with Crippen LogP contribution in [0, 0.1) is 26.0 Å². The summed E-state index contributed by atoms with van der Waals surface area (Å²) in [5, 5.41) is 20.8. The van der Waals surface area contributed by atoms with Gasteiger partial charge in [-0.05, 0) is 24.3 Å². The van der Waals surface area contributed by atoms with Crippen molar-refractivity contribution in [3.8, 4) is 0 Å². The highest BCUT2D eigenvalue weighted by Crippen LogP contribution is 2.23. The molecule has 0 saturated carbocycles. The van der Waals surface area contributed by atoms with E-state index in [4.69, 9.17) is 0 Å². The van der Waals surface area contributed by atoms with Crippen molar-refractivity contribution in [2.45, 2.75) is 4.90 Å². The summed E-state index contributed by atoms with van der Waals surface area (Å²) in [7, 11) is 2.35. The summed E-state index contributed by atoms with van der Waals surface area (Å²) in [6.45, 7) is 0. The predicted octanol–water partition coefficient (Wildman–Crippen LogP) is 3.19. The highest BCUT2D eigenvalue weighted by Gasteiger charge is 2.17. The molecule has 0 amide bonds. The number of nitro groups is 2. The number of nitro benzene ring substituents is 2. The Bertz CT molecular complexity index is 859. The van der Waals surface area contributed by atoms with Crippen molar-refractivity contribution in [1.29, 1.82) is 0 Å². The molecule has 0 unspecified atom stereocenters. The van der Waals surface area contributed by atoms with Crippen LogP contribution in [0.25, 0.3) is 0 Å². The number of esters is 2. The van der Waals surface area contributed by atoms with Gasteiger partial charge in [0.2, 0.25) is 5.82 Å². The Balaban J connectivity index is 0.000000280. The first-order valence-corrected chi connectivity index (χ1v) is 7.65. The number of methoxy groups -OCH3 is 2. The molecular formula is C16H13FN2O8S. The number of thiol groups is 1. The summed E-state index contributed by atoms with van der Waals surface area (Å²) < 4.78 is 21.5. The fourth-order valence-electron chi connectivity index (χ4n) is 1.81. The molecule has 0 aliphatic rings. The molecular weight excluding hydrogens is 399 g/mol. The van der Waals surface area contributed by atoms with Gasteiger partial charge in [0.15, 0.2) is 0 Å². The van der Waals surface area contributed by atoms with Crippen molar-refractivity contribution in [2.75, 3.05) is 14.2 Å². The van der Waals surface area contributed by atoms with Crippen molar-refractivity contribution >= 4 is 35.9 Å². The van der Waals surface area contributed by atoms with Gasteiger partial charge in [-0.1, -0.05) is 0 Å². The smallest absolute Gasteiger partial charge is 0.338 e. The number of carbonyl (C=O) groups excluding carboxylic acids is 2. The zero-order valence-corrected chi connectivity index (χ0v) is 15.3. The largest absolute Gasteiger partial charge is 0.465 e. The van der Waals surface area contributed by atoms with Crippen LogP contribution in [0.1, 0.15) is 20.7 Å². The van der Waals surface area contributed by atoms with E-state index in [9.17, 15) is 34.2 Å². The van der Waals surface area contributed by atoms with E-state index in [1.807, 2.05) is 0 Å². The molecule has 0 atom stereocenters. The van der Waals surface area contributed by atoms with Crippen LogP contribution < -0.4 is 0 Å². The maximum absolute atomic E-state index is 12.8. The van der Waals surface area contributed by atoms with Crippen LogP contribution in [0.2, 0.25) is 0 Å². The van der Waals surface area contributed by atoms with Gasteiger partial charge < -0.3 is 9.47 Å². The number of halogens is 1. The Morgan fingerprint density at radius 2 is 1.32 bits per heavy atom. The van der Waals surface area contributed by atoms with Gasteiger partial charge in [-0.25, -0.2) is 9.59 Å². The van der Waals surface area contributed by atoms with Crippen LogP contribution in [0.3, 0.4) is 0 Å². The molecule has 2 aromatic rings. The normalized spacial score (nSPS) is 9.57. The van der Waals surface area contributed by atoms with Crippen LogP contribution in [-0.2, 0) is 9.47 Å². The molecule has 2 rings (SSSR count). The highest BCUT2D eigenvalue weighted by molar-refractivity contribution is 7.80. The first-order valence-electron chi connectivity index (χ1n) is 7.20. The Hall–Kier alpha value is -3.54. The van der Waals surface area contributed by atoms with E-state index in [0.29, 0.717) is 0 Å². The van der Waals surface area contributed by atoms with E-state index in [1.54, 1.807) is 0 Å².